The number of rotatable bonds is 8. The first kappa shape index (κ1) is 16.9. The first-order chi connectivity index (χ1) is 10.0. The summed E-state index contributed by atoms with van der Waals surface area (Å²) in [6, 6.07) is 4.87. The first-order valence-electron chi connectivity index (χ1n) is 6.02. The standard InChI is InChI=1S/C12H14ClNO4S3/c13-11-1-2-12(20-11)21(16,17)14-7-10(18-5-4-15)9-3-6-19-8-9/h1-3,6,8,10,14-15H,4-5,7H2. The van der Waals surface area contributed by atoms with Gasteiger partial charge in [0.15, 0.2) is 0 Å². The Morgan fingerprint density at radius 1 is 1.38 bits per heavy atom. The van der Waals surface area contributed by atoms with E-state index in [1.165, 1.54) is 17.4 Å². The summed E-state index contributed by atoms with van der Waals surface area (Å²) in [6.07, 6.45) is -0.436. The predicted molar refractivity (Wildman–Crippen MR) is 84.6 cm³/mol. The van der Waals surface area contributed by atoms with E-state index in [4.69, 9.17) is 21.4 Å². The minimum absolute atomic E-state index is 0.0919. The van der Waals surface area contributed by atoms with E-state index in [0.29, 0.717) is 4.34 Å². The number of thiophene rings is 2. The molecule has 2 aromatic heterocycles. The topological polar surface area (TPSA) is 75.6 Å². The SMILES string of the molecule is O=S(=O)(NCC(OCCO)c1ccsc1)c1ccc(Cl)s1. The average Bonchev–Trinajstić information content (AvgIpc) is 3.10. The molecule has 0 aromatic carbocycles. The molecular formula is C12H14ClNO4S3. The second-order valence-corrected chi connectivity index (χ2v) is 8.54. The first-order valence-corrected chi connectivity index (χ1v) is 9.64. The smallest absolute Gasteiger partial charge is 0.250 e. The molecule has 0 saturated carbocycles. The second-order valence-electron chi connectivity index (χ2n) is 4.05. The van der Waals surface area contributed by atoms with Gasteiger partial charge in [-0.2, -0.15) is 11.3 Å². The van der Waals surface area contributed by atoms with Crippen LogP contribution in [0.3, 0.4) is 0 Å². The van der Waals surface area contributed by atoms with Crippen molar-refractivity contribution < 1.29 is 18.3 Å². The molecule has 116 valence electrons. The predicted octanol–water partition coefficient (Wildman–Crippen LogP) is 2.49. The van der Waals surface area contributed by atoms with Crippen LogP contribution in [0.5, 0.6) is 0 Å². The molecule has 9 heteroatoms. The van der Waals surface area contributed by atoms with Gasteiger partial charge in [-0.25, -0.2) is 13.1 Å². The summed E-state index contributed by atoms with van der Waals surface area (Å²) in [5.74, 6) is 0. The third-order valence-electron chi connectivity index (χ3n) is 2.60. The van der Waals surface area contributed by atoms with Crippen molar-refractivity contribution in [2.75, 3.05) is 19.8 Å². The maximum atomic E-state index is 12.1. The zero-order valence-corrected chi connectivity index (χ0v) is 14.1. The Morgan fingerprint density at radius 3 is 2.76 bits per heavy atom. The number of halogens is 1. The van der Waals surface area contributed by atoms with Crippen molar-refractivity contribution in [3.05, 3.63) is 38.9 Å². The normalized spacial score (nSPS) is 13.4. The Kier molecular flexibility index (Phi) is 6.18. The molecule has 0 aliphatic heterocycles. The summed E-state index contributed by atoms with van der Waals surface area (Å²) >= 11 is 8.25. The molecule has 5 nitrogen and oxygen atoms in total. The van der Waals surface area contributed by atoms with Crippen LogP contribution in [-0.2, 0) is 14.8 Å². The summed E-state index contributed by atoms with van der Waals surface area (Å²) in [6.45, 7) is 0.121. The number of hydrogen-bond acceptors (Lipinski definition) is 6. The Balaban J connectivity index is 2.04. The van der Waals surface area contributed by atoms with Crippen molar-refractivity contribution in [3.8, 4) is 0 Å². The van der Waals surface area contributed by atoms with Crippen LogP contribution in [-0.4, -0.2) is 33.3 Å². The molecule has 21 heavy (non-hydrogen) atoms. The van der Waals surface area contributed by atoms with E-state index in [1.807, 2.05) is 16.8 Å². The molecule has 0 aliphatic carbocycles. The molecule has 2 aromatic rings. The molecule has 0 aliphatic rings. The van der Waals surface area contributed by atoms with E-state index in [1.54, 1.807) is 6.07 Å². The van der Waals surface area contributed by atoms with E-state index < -0.39 is 16.1 Å². The van der Waals surface area contributed by atoms with Gasteiger partial charge in [-0.05, 0) is 34.5 Å². The minimum atomic E-state index is -3.61. The van der Waals surface area contributed by atoms with E-state index in [-0.39, 0.29) is 24.0 Å². The van der Waals surface area contributed by atoms with Gasteiger partial charge in [0.1, 0.15) is 4.21 Å². The zero-order valence-electron chi connectivity index (χ0n) is 10.9. The Hall–Kier alpha value is -0.480. The fourth-order valence-electron chi connectivity index (χ4n) is 1.62. The molecule has 0 spiro atoms. The molecule has 0 radical (unpaired) electrons. The highest BCUT2D eigenvalue weighted by molar-refractivity contribution is 7.91. The van der Waals surface area contributed by atoms with Crippen molar-refractivity contribution in [1.29, 1.82) is 0 Å². The van der Waals surface area contributed by atoms with Gasteiger partial charge >= 0.3 is 0 Å². The van der Waals surface area contributed by atoms with Crippen LogP contribution in [0.1, 0.15) is 11.7 Å². The van der Waals surface area contributed by atoms with Crippen LogP contribution in [0, 0.1) is 0 Å². The number of aliphatic hydroxyl groups is 1. The molecule has 1 atom stereocenters. The Morgan fingerprint density at radius 2 is 2.19 bits per heavy atom. The number of sulfonamides is 1. The molecule has 0 bridgehead atoms. The molecule has 2 N–H and O–H groups in total. The number of aliphatic hydroxyl groups excluding tert-OH is 1. The van der Waals surface area contributed by atoms with Crippen LogP contribution in [0.4, 0.5) is 0 Å². The molecule has 2 heterocycles. The summed E-state index contributed by atoms with van der Waals surface area (Å²) in [5, 5.41) is 12.6. The fourth-order valence-corrected chi connectivity index (χ4v) is 4.89. The van der Waals surface area contributed by atoms with Crippen molar-refractivity contribution in [2.24, 2.45) is 0 Å². The quantitative estimate of drug-likeness (QED) is 0.751. The van der Waals surface area contributed by atoms with Gasteiger partial charge in [-0.3, -0.25) is 0 Å². The van der Waals surface area contributed by atoms with Crippen LogP contribution >= 0.6 is 34.3 Å². The monoisotopic (exact) mass is 367 g/mol. The van der Waals surface area contributed by atoms with Gasteiger partial charge in [0.2, 0.25) is 10.0 Å². The highest BCUT2D eigenvalue weighted by Gasteiger charge is 2.20. The Labute approximate surface area is 136 Å². The van der Waals surface area contributed by atoms with Gasteiger partial charge in [-0.15, -0.1) is 11.3 Å². The summed E-state index contributed by atoms with van der Waals surface area (Å²) in [7, 11) is -3.61. The van der Waals surface area contributed by atoms with Gasteiger partial charge in [0, 0.05) is 6.54 Å². The van der Waals surface area contributed by atoms with Crippen molar-refractivity contribution in [1.82, 2.24) is 4.72 Å². The molecular weight excluding hydrogens is 354 g/mol. The molecule has 0 fully saturated rings. The molecule has 2 rings (SSSR count). The summed E-state index contributed by atoms with van der Waals surface area (Å²) in [5.41, 5.74) is 0.875. The second kappa shape index (κ2) is 7.68. The van der Waals surface area contributed by atoms with Crippen LogP contribution in [0.15, 0.2) is 33.2 Å². The zero-order chi connectivity index (χ0) is 15.3. The van der Waals surface area contributed by atoms with Gasteiger partial charge in [-0.1, -0.05) is 11.6 Å². The lowest BCUT2D eigenvalue weighted by molar-refractivity contribution is 0.0311. The third-order valence-corrected chi connectivity index (χ3v) is 6.45. The van der Waals surface area contributed by atoms with Gasteiger partial charge in [0.25, 0.3) is 0 Å². The lowest BCUT2D eigenvalue weighted by Gasteiger charge is -2.17. The van der Waals surface area contributed by atoms with Crippen LogP contribution < -0.4 is 4.72 Å². The van der Waals surface area contributed by atoms with Crippen LogP contribution in [0.2, 0.25) is 4.34 Å². The van der Waals surface area contributed by atoms with Crippen molar-refractivity contribution in [2.45, 2.75) is 10.3 Å². The van der Waals surface area contributed by atoms with Crippen LogP contribution in [0.25, 0.3) is 0 Å². The largest absolute Gasteiger partial charge is 0.394 e. The van der Waals surface area contributed by atoms with E-state index in [0.717, 1.165) is 16.9 Å². The average molecular weight is 368 g/mol. The van der Waals surface area contributed by atoms with Crippen molar-refractivity contribution in [3.63, 3.8) is 0 Å². The third kappa shape index (κ3) is 4.75. The van der Waals surface area contributed by atoms with E-state index >= 15 is 0 Å². The van der Waals surface area contributed by atoms with E-state index in [2.05, 4.69) is 4.72 Å². The highest BCUT2D eigenvalue weighted by Crippen LogP contribution is 2.26. The Bertz CT molecular complexity index is 654. The van der Waals surface area contributed by atoms with Gasteiger partial charge in [0.05, 0.1) is 23.7 Å². The number of ether oxygens (including phenoxy) is 1. The van der Waals surface area contributed by atoms with E-state index in [9.17, 15) is 8.42 Å². The highest BCUT2D eigenvalue weighted by atomic mass is 35.5. The molecule has 0 amide bonds. The number of hydrogen-bond donors (Lipinski definition) is 2. The lowest BCUT2D eigenvalue weighted by atomic mass is 10.2. The summed E-state index contributed by atoms with van der Waals surface area (Å²) in [4.78, 5) is 0. The van der Waals surface area contributed by atoms with Gasteiger partial charge < -0.3 is 9.84 Å². The summed E-state index contributed by atoms with van der Waals surface area (Å²) < 4.78 is 32.8. The molecule has 0 saturated heterocycles. The number of nitrogens with one attached hydrogen (secondary N) is 1. The fraction of sp³-hybridized carbons (Fsp3) is 0.333. The van der Waals surface area contributed by atoms with Crippen molar-refractivity contribution >= 4 is 44.3 Å². The molecule has 1 unspecified atom stereocenters. The lowest BCUT2D eigenvalue weighted by Crippen LogP contribution is -2.29. The maximum Gasteiger partial charge on any atom is 0.250 e. The maximum absolute atomic E-state index is 12.1. The minimum Gasteiger partial charge on any atom is -0.394 e.